The van der Waals surface area contributed by atoms with Crippen molar-refractivity contribution in [3.8, 4) is 0 Å². The van der Waals surface area contributed by atoms with Gasteiger partial charge in [0.15, 0.2) is 5.96 Å². The minimum absolute atomic E-state index is 0.236. The number of nitrogens with one attached hydrogen (secondary N) is 2. The van der Waals surface area contributed by atoms with Crippen LogP contribution in [-0.4, -0.2) is 53.6 Å². The number of hydrogen-bond donors (Lipinski definition) is 2. The van der Waals surface area contributed by atoms with E-state index in [2.05, 4.69) is 44.2 Å². The summed E-state index contributed by atoms with van der Waals surface area (Å²) in [5.74, 6) is 3.13. The number of guanidine groups is 1. The molecule has 1 aliphatic rings. The Balaban J connectivity index is 1.82. The van der Waals surface area contributed by atoms with Gasteiger partial charge in [0.1, 0.15) is 11.6 Å². The molecule has 0 saturated heterocycles. The topological polar surface area (TPSA) is 76.4 Å². The number of aliphatic imine (C=N–C) groups is 1. The van der Waals surface area contributed by atoms with E-state index in [1.54, 1.807) is 7.11 Å². The summed E-state index contributed by atoms with van der Waals surface area (Å²) in [6, 6.07) is 0.236. The van der Waals surface area contributed by atoms with Gasteiger partial charge >= 0.3 is 0 Å². The molecular formula is C17H32N6O. The molecule has 7 heteroatoms. The van der Waals surface area contributed by atoms with Crippen molar-refractivity contribution >= 4 is 5.96 Å². The lowest BCUT2D eigenvalue weighted by molar-refractivity contribution is 0.179. The smallest absolute Gasteiger partial charge is 0.191 e. The zero-order valence-electron chi connectivity index (χ0n) is 15.3. The lowest BCUT2D eigenvalue weighted by Crippen LogP contribution is -2.44. The monoisotopic (exact) mass is 336 g/mol. The number of hydrogen-bond acceptors (Lipinski definition) is 4. The molecule has 2 heterocycles. The summed E-state index contributed by atoms with van der Waals surface area (Å²) in [7, 11) is 1.71. The second kappa shape index (κ2) is 10.3. The maximum Gasteiger partial charge on any atom is 0.191 e. The number of aryl methyl sites for hydroxylation is 2. The Bertz CT molecular complexity index is 513. The molecule has 1 aromatic heterocycles. The Kier molecular flexibility index (Phi) is 8.01. The van der Waals surface area contributed by atoms with E-state index in [1.165, 1.54) is 19.3 Å². The number of nitrogens with zero attached hydrogens (tertiary/aromatic N) is 4. The van der Waals surface area contributed by atoms with Crippen molar-refractivity contribution in [2.75, 3.05) is 26.8 Å². The van der Waals surface area contributed by atoms with Gasteiger partial charge in [-0.2, -0.15) is 0 Å². The molecular weight excluding hydrogens is 304 g/mol. The highest BCUT2D eigenvalue weighted by atomic mass is 16.5. The summed E-state index contributed by atoms with van der Waals surface area (Å²) in [6.07, 6.45) is 6.75. The van der Waals surface area contributed by atoms with Crippen molar-refractivity contribution in [3.63, 3.8) is 0 Å². The molecule has 2 rings (SSSR count). The van der Waals surface area contributed by atoms with E-state index >= 15 is 0 Å². The van der Waals surface area contributed by atoms with Crippen molar-refractivity contribution in [1.82, 2.24) is 25.4 Å². The van der Waals surface area contributed by atoms with Gasteiger partial charge in [0.05, 0.1) is 6.61 Å². The Morgan fingerprint density at radius 1 is 1.33 bits per heavy atom. The Labute approximate surface area is 145 Å². The van der Waals surface area contributed by atoms with Crippen molar-refractivity contribution in [3.05, 3.63) is 11.6 Å². The Hall–Kier alpha value is -1.63. The standard InChI is InChI=1S/C17H32N6O/c1-4-18-17(20-14(2)13-24-3)19-11-8-10-16-22-21-15-9-6-5-7-12-23(15)16/h14H,4-13H2,1-3H3,(H2,18,19,20). The number of aromatic nitrogens is 3. The van der Waals surface area contributed by atoms with Crippen LogP contribution in [0.5, 0.6) is 0 Å². The second-order valence-corrected chi connectivity index (χ2v) is 6.36. The highest BCUT2D eigenvalue weighted by Gasteiger charge is 2.14. The first-order valence-corrected chi connectivity index (χ1v) is 9.19. The van der Waals surface area contributed by atoms with Crippen molar-refractivity contribution in [2.24, 2.45) is 4.99 Å². The number of ether oxygens (including phenoxy) is 1. The van der Waals surface area contributed by atoms with E-state index in [9.17, 15) is 0 Å². The van der Waals surface area contributed by atoms with Crippen LogP contribution < -0.4 is 10.6 Å². The molecule has 0 aliphatic carbocycles. The Morgan fingerprint density at radius 3 is 3.00 bits per heavy atom. The van der Waals surface area contributed by atoms with E-state index < -0.39 is 0 Å². The van der Waals surface area contributed by atoms with E-state index in [1.807, 2.05) is 0 Å². The van der Waals surface area contributed by atoms with Gasteiger partial charge in [0, 0.05) is 45.6 Å². The van der Waals surface area contributed by atoms with E-state index in [-0.39, 0.29) is 6.04 Å². The zero-order chi connectivity index (χ0) is 17.2. The van der Waals surface area contributed by atoms with Crippen LogP contribution >= 0.6 is 0 Å². The minimum Gasteiger partial charge on any atom is -0.383 e. The first-order chi connectivity index (χ1) is 11.7. The highest BCUT2D eigenvalue weighted by Crippen LogP contribution is 2.15. The van der Waals surface area contributed by atoms with Gasteiger partial charge in [-0.05, 0) is 33.1 Å². The van der Waals surface area contributed by atoms with Crippen molar-refractivity contribution in [1.29, 1.82) is 0 Å². The SMILES string of the molecule is CCNC(=NCCCc1nnc2n1CCCCC2)NC(C)COC. The molecule has 7 nitrogen and oxygen atoms in total. The largest absolute Gasteiger partial charge is 0.383 e. The molecule has 2 N–H and O–H groups in total. The number of rotatable bonds is 8. The summed E-state index contributed by atoms with van der Waals surface area (Å²) in [5, 5.41) is 15.4. The summed E-state index contributed by atoms with van der Waals surface area (Å²) >= 11 is 0. The van der Waals surface area contributed by atoms with Gasteiger partial charge in [0.25, 0.3) is 0 Å². The van der Waals surface area contributed by atoms with Gasteiger partial charge in [-0.1, -0.05) is 6.42 Å². The molecule has 1 aliphatic heterocycles. The third kappa shape index (κ3) is 5.78. The van der Waals surface area contributed by atoms with Crippen LogP contribution in [0.4, 0.5) is 0 Å². The molecule has 0 aromatic carbocycles. The second-order valence-electron chi connectivity index (χ2n) is 6.36. The van der Waals surface area contributed by atoms with Gasteiger partial charge in [-0.25, -0.2) is 0 Å². The average Bonchev–Trinajstić information content (AvgIpc) is 2.79. The summed E-state index contributed by atoms with van der Waals surface area (Å²) < 4.78 is 7.48. The van der Waals surface area contributed by atoms with Gasteiger partial charge in [-0.3, -0.25) is 4.99 Å². The summed E-state index contributed by atoms with van der Waals surface area (Å²) in [5.41, 5.74) is 0. The van der Waals surface area contributed by atoms with Crippen LogP contribution in [0, 0.1) is 0 Å². The van der Waals surface area contributed by atoms with Gasteiger partial charge < -0.3 is 19.9 Å². The van der Waals surface area contributed by atoms with Crippen LogP contribution in [0.15, 0.2) is 4.99 Å². The van der Waals surface area contributed by atoms with Crippen LogP contribution in [0.1, 0.15) is 51.2 Å². The predicted octanol–water partition coefficient (Wildman–Crippen LogP) is 1.53. The third-order valence-corrected chi connectivity index (χ3v) is 4.16. The van der Waals surface area contributed by atoms with Crippen LogP contribution in [-0.2, 0) is 24.1 Å². The van der Waals surface area contributed by atoms with E-state index in [0.717, 1.165) is 56.5 Å². The minimum atomic E-state index is 0.236. The van der Waals surface area contributed by atoms with Gasteiger partial charge in [-0.15, -0.1) is 10.2 Å². The molecule has 24 heavy (non-hydrogen) atoms. The van der Waals surface area contributed by atoms with E-state index in [4.69, 9.17) is 4.74 Å². The van der Waals surface area contributed by atoms with E-state index in [0.29, 0.717) is 6.61 Å². The van der Waals surface area contributed by atoms with Crippen molar-refractivity contribution in [2.45, 2.75) is 65.0 Å². The van der Waals surface area contributed by atoms with Gasteiger partial charge in [0.2, 0.25) is 0 Å². The fraction of sp³-hybridized carbons (Fsp3) is 0.824. The molecule has 1 unspecified atom stereocenters. The lowest BCUT2D eigenvalue weighted by atomic mass is 10.2. The molecule has 1 atom stereocenters. The molecule has 1 aromatic rings. The summed E-state index contributed by atoms with van der Waals surface area (Å²) in [4.78, 5) is 4.65. The maximum atomic E-state index is 5.16. The average molecular weight is 336 g/mol. The first kappa shape index (κ1) is 18.7. The van der Waals surface area contributed by atoms with Crippen molar-refractivity contribution < 1.29 is 4.74 Å². The normalized spacial score (nSPS) is 16.4. The molecule has 0 spiro atoms. The first-order valence-electron chi connectivity index (χ1n) is 9.19. The van der Waals surface area contributed by atoms with Crippen LogP contribution in [0.25, 0.3) is 0 Å². The maximum absolute atomic E-state index is 5.16. The van der Waals surface area contributed by atoms with Crippen LogP contribution in [0.3, 0.4) is 0 Å². The quantitative estimate of drug-likeness (QED) is 0.428. The molecule has 0 saturated carbocycles. The fourth-order valence-electron chi connectivity index (χ4n) is 3.00. The molecule has 0 radical (unpaired) electrons. The lowest BCUT2D eigenvalue weighted by Gasteiger charge is -2.16. The number of fused-ring (bicyclic) bond motifs is 1. The zero-order valence-corrected chi connectivity index (χ0v) is 15.3. The Morgan fingerprint density at radius 2 is 2.21 bits per heavy atom. The fourth-order valence-corrected chi connectivity index (χ4v) is 3.00. The predicted molar refractivity (Wildman–Crippen MR) is 96.4 cm³/mol. The summed E-state index contributed by atoms with van der Waals surface area (Å²) in [6.45, 7) is 7.52. The molecule has 0 bridgehead atoms. The number of methoxy groups -OCH3 is 1. The third-order valence-electron chi connectivity index (χ3n) is 4.16. The molecule has 0 fully saturated rings. The highest BCUT2D eigenvalue weighted by molar-refractivity contribution is 5.80. The molecule has 136 valence electrons. The molecule has 0 amide bonds. The van der Waals surface area contributed by atoms with Crippen LogP contribution in [0.2, 0.25) is 0 Å².